The van der Waals surface area contributed by atoms with E-state index < -0.39 is 0 Å². The van der Waals surface area contributed by atoms with Gasteiger partial charge < -0.3 is 8.98 Å². The summed E-state index contributed by atoms with van der Waals surface area (Å²) in [5.41, 5.74) is 10.5. The summed E-state index contributed by atoms with van der Waals surface area (Å²) in [4.78, 5) is 4.89. The molecule has 222 valence electrons. The molecule has 0 spiro atoms. The van der Waals surface area contributed by atoms with Crippen LogP contribution in [0.4, 0.5) is 0 Å². The quantitative estimate of drug-likeness (QED) is 0.200. The van der Waals surface area contributed by atoms with Gasteiger partial charge >= 0.3 is 0 Å². The highest BCUT2D eigenvalue weighted by Crippen LogP contribution is 2.41. The van der Waals surface area contributed by atoms with Crippen molar-refractivity contribution in [3.8, 4) is 34.1 Å². The van der Waals surface area contributed by atoms with Crippen LogP contribution in [-0.4, -0.2) is 9.55 Å². The third kappa shape index (κ3) is 3.85. The van der Waals surface area contributed by atoms with Gasteiger partial charge in [-0.25, -0.2) is 4.98 Å². The van der Waals surface area contributed by atoms with Crippen molar-refractivity contribution >= 4 is 65.4 Å². The van der Waals surface area contributed by atoms with Crippen molar-refractivity contribution in [3.63, 3.8) is 0 Å². The summed E-state index contributed by atoms with van der Waals surface area (Å²) in [7, 11) is 0. The van der Waals surface area contributed by atoms with E-state index >= 15 is 0 Å². The maximum atomic E-state index is 9.84. The summed E-state index contributed by atoms with van der Waals surface area (Å²) in [6.07, 6.45) is 0. The number of hydrogen-bond donors (Lipinski definition) is 0. The highest BCUT2D eigenvalue weighted by Gasteiger charge is 2.18. The lowest BCUT2D eigenvalue weighted by atomic mass is 9.99. The number of pyridine rings is 1. The standard InChI is InChI=1S/C44H25N3O/c45-26-30-25-39(46-38-14-5-3-9-32(30)38)28-16-20-31(21-17-28)47-40-22-19-29(24-37(40)43-33-10-2-1-8-27(33)18-23-41(43)47)34-12-7-13-36-35-11-4-6-15-42(35)48-44(34)36/h1-25H. The first-order chi connectivity index (χ1) is 23.7. The van der Waals surface area contributed by atoms with Crippen molar-refractivity contribution in [2.24, 2.45) is 0 Å². The van der Waals surface area contributed by atoms with E-state index in [1.54, 1.807) is 0 Å². The number of nitriles is 1. The second kappa shape index (κ2) is 10.2. The van der Waals surface area contributed by atoms with Crippen LogP contribution in [-0.2, 0) is 0 Å². The van der Waals surface area contributed by atoms with Crippen LogP contribution in [0.15, 0.2) is 156 Å². The Morgan fingerprint density at radius 1 is 0.562 bits per heavy atom. The first-order valence-corrected chi connectivity index (χ1v) is 16.0. The van der Waals surface area contributed by atoms with Gasteiger partial charge in [0.2, 0.25) is 0 Å². The van der Waals surface area contributed by atoms with Crippen LogP contribution in [0.5, 0.6) is 0 Å². The smallest absolute Gasteiger partial charge is 0.143 e. The van der Waals surface area contributed by atoms with E-state index in [9.17, 15) is 5.26 Å². The molecule has 0 amide bonds. The maximum absolute atomic E-state index is 9.84. The molecule has 0 saturated carbocycles. The minimum absolute atomic E-state index is 0.628. The van der Waals surface area contributed by atoms with Crippen molar-refractivity contribution in [2.75, 3.05) is 0 Å². The topological polar surface area (TPSA) is 54.8 Å². The zero-order chi connectivity index (χ0) is 31.8. The van der Waals surface area contributed by atoms with Crippen LogP contribution in [0.1, 0.15) is 5.56 Å². The fraction of sp³-hybridized carbons (Fsp3) is 0. The normalized spacial score (nSPS) is 11.7. The molecule has 0 fully saturated rings. The van der Waals surface area contributed by atoms with Gasteiger partial charge in [-0.3, -0.25) is 0 Å². The molecule has 0 aliphatic carbocycles. The number of fused-ring (bicyclic) bond motifs is 9. The van der Waals surface area contributed by atoms with Crippen LogP contribution in [0, 0.1) is 11.3 Å². The highest BCUT2D eigenvalue weighted by atomic mass is 16.3. The molecule has 0 saturated heterocycles. The molecule has 0 atom stereocenters. The van der Waals surface area contributed by atoms with E-state index in [4.69, 9.17) is 9.40 Å². The molecule has 4 nitrogen and oxygen atoms in total. The minimum Gasteiger partial charge on any atom is -0.455 e. The predicted octanol–water partition coefficient (Wildman–Crippen LogP) is 11.6. The molecule has 0 radical (unpaired) electrons. The number of hydrogen-bond acceptors (Lipinski definition) is 3. The molecule has 0 bridgehead atoms. The van der Waals surface area contributed by atoms with Crippen molar-refractivity contribution in [1.82, 2.24) is 9.55 Å². The SMILES string of the molecule is N#Cc1cc(-c2ccc(-n3c4ccc(-c5cccc6c5oc5ccccc56)cc4c4c5ccccc5ccc43)cc2)nc2ccccc12. The molecular weight excluding hydrogens is 587 g/mol. The summed E-state index contributed by atoms with van der Waals surface area (Å²) in [5.74, 6) is 0. The van der Waals surface area contributed by atoms with Crippen molar-refractivity contribution < 1.29 is 4.42 Å². The summed E-state index contributed by atoms with van der Waals surface area (Å²) in [6, 6.07) is 55.0. The van der Waals surface area contributed by atoms with Gasteiger partial charge in [0.05, 0.1) is 33.9 Å². The average Bonchev–Trinajstić information content (AvgIpc) is 3.70. The Hall–Kier alpha value is -6.70. The van der Waals surface area contributed by atoms with Crippen molar-refractivity contribution in [1.29, 1.82) is 5.26 Å². The molecule has 0 unspecified atom stereocenters. The van der Waals surface area contributed by atoms with E-state index in [0.29, 0.717) is 5.56 Å². The first-order valence-electron chi connectivity index (χ1n) is 16.0. The largest absolute Gasteiger partial charge is 0.455 e. The van der Waals surface area contributed by atoms with E-state index in [2.05, 4.69) is 120 Å². The molecule has 0 aliphatic rings. The third-order valence-corrected chi connectivity index (χ3v) is 9.63. The Morgan fingerprint density at radius 3 is 2.17 bits per heavy atom. The fourth-order valence-electron chi connectivity index (χ4n) is 7.41. The molecule has 3 heterocycles. The van der Waals surface area contributed by atoms with E-state index in [0.717, 1.165) is 71.9 Å². The Kier molecular flexibility index (Phi) is 5.61. The molecule has 7 aromatic carbocycles. The lowest BCUT2D eigenvalue weighted by Gasteiger charge is -2.11. The van der Waals surface area contributed by atoms with E-state index in [-0.39, 0.29) is 0 Å². The van der Waals surface area contributed by atoms with E-state index in [1.807, 2.05) is 42.5 Å². The molecule has 48 heavy (non-hydrogen) atoms. The van der Waals surface area contributed by atoms with Crippen molar-refractivity contribution in [3.05, 3.63) is 157 Å². The van der Waals surface area contributed by atoms with Gasteiger partial charge in [0.1, 0.15) is 11.2 Å². The maximum Gasteiger partial charge on any atom is 0.143 e. The number of para-hydroxylation sites is 3. The Bertz CT molecular complexity index is 2960. The monoisotopic (exact) mass is 611 g/mol. The molecule has 3 aromatic heterocycles. The van der Waals surface area contributed by atoms with Gasteiger partial charge in [-0.15, -0.1) is 0 Å². The molecular formula is C44H25N3O. The lowest BCUT2D eigenvalue weighted by molar-refractivity contribution is 0.670. The van der Waals surface area contributed by atoms with Gasteiger partial charge in [-0.2, -0.15) is 5.26 Å². The van der Waals surface area contributed by atoms with Crippen LogP contribution >= 0.6 is 0 Å². The summed E-state index contributed by atoms with van der Waals surface area (Å²) < 4.78 is 8.79. The third-order valence-electron chi connectivity index (χ3n) is 9.63. The Balaban J connectivity index is 1.18. The second-order valence-electron chi connectivity index (χ2n) is 12.3. The lowest BCUT2D eigenvalue weighted by Crippen LogP contribution is -1.95. The second-order valence-corrected chi connectivity index (χ2v) is 12.3. The number of nitrogens with zero attached hydrogens (tertiary/aromatic N) is 3. The molecule has 10 rings (SSSR count). The summed E-state index contributed by atoms with van der Waals surface area (Å²) in [6.45, 7) is 0. The van der Waals surface area contributed by atoms with Gasteiger partial charge in [0.25, 0.3) is 0 Å². The van der Waals surface area contributed by atoms with Crippen molar-refractivity contribution in [2.45, 2.75) is 0 Å². The molecule has 0 aliphatic heterocycles. The first kappa shape index (κ1) is 26.5. The Labute approximate surface area is 275 Å². The zero-order valence-corrected chi connectivity index (χ0v) is 25.7. The van der Waals surface area contributed by atoms with Gasteiger partial charge in [-0.1, -0.05) is 103 Å². The summed E-state index contributed by atoms with van der Waals surface area (Å²) in [5, 5.41) is 17.8. The zero-order valence-electron chi connectivity index (χ0n) is 25.7. The van der Waals surface area contributed by atoms with Crippen LogP contribution in [0.2, 0.25) is 0 Å². The van der Waals surface area contributed by atoms with Gasteiger partial charge in [-0.05, 0) is 64.9 Å². The number of furan rings is 1. The van der Waals surface area contributed by atoms with E-state index in [1.165, 1.54) is 21.5 Å². The van der Waals surface area contributed by atoms with Crippen LogP contribution < -0.4 is 0 Å². The highest BCUT2D eigenvalue weighted by molar-refractivity contribution is 6.22. The number of aromatic nitrogens is 2. The van der Waals surface area contributed by atoms with Gasteiger partial charge in [0, 0.05) is 43.7 Å². The average molecular weight is 612 g/mol. The minimum atomic E-state index is 0.628. The number of rotatable bonds is 3. The van der Waals surface area contributed by atoms with Crippen LogP contribution in [0.3, 0.4) is 0 Å². The van der Waals surface area contributed by atoms with Gasteiger partial charge in [0.15, 0.2) is 0 Å². The number of benzene rings is 7. The molecule has 4 heteroatoms. The van der Waals surface area contributed by atoms with Crippen LogP contribution in [0.25, 0.3) is 93.5 Å². The fourth-order valence-corrected chi connectivity index (χ4v) is 7.41. The molecule has 0 N–H and O–H groups in total. The predicted molar refractivity (Wildman–Crippen MR) is 196 cm³/mol. The Morgan fingerprint density at radius 2 is 1.29 bits per heavy atom. The molecule has 10 aromatic rings. The summed E-state index contributed by atoms with van der Waals surface area (Å²) >= 11 is 0.